The van der Waals surface area contributed by atoms with Crippen molar-refractivity contribution in [3.05, 3.63) is 200 Å². The molecular weight excluding hydrogens is 777 g/mol. The Kier molecular flexibility index (Phi) is 8.84. The van der Waals surface area contributed by atoms with Gasteiger partial charge in [-0.2, -0.15) is 0 Å². The minimum absolute atomic E-state index is 0.190. The van der Waals surface area contributed by atoms with E-state index in [9.17, 15) is 25.5 Å². The van der Waals surface area contributed by atoms with Crippen molar-refractivity contribution in [2.75, 3.05) is 0 Å². The van der Waals surface area contributed by atoms with Gasteiger partial charge in [0.2, 0.25) is 17.2 Å². The van der Waals surface area contributed by atoms with Crippen LogP contribution >= 0.6 is 0 Å². The molecule has 0 saturated heterocycles. The molecule has 0 heterocycles. The first-order chi connectivity index (χ1) is 30.8. The predicted octanol–water partition coefficient (Wildman–Crippen LogP) is 14.8. The molecule has 63 heavy (non-hydrogen) atoms. The molecule has 0 spiro atoms. The second-order valence-corrected chi connectivity index (χ2v) is 16.0. The van der Waals surface area contributed by atoms with Crippen LogP contribution in [0.4, 0.5) is 0 Å². The summed E-state index contributed by atoms with van der Waals surface area (Å²) in [7, 11) is 0. The zero-order chi connectivity index (χ0) is 42.8. The van der Waals surface area contributed by atoms with Crippen LogP contribution in [0.5, 0.6) is 28.7 Å². The van der Waals surface area contributed by atoms with E-state index in [0.29, 0.717) is 16.3 Å². The molecular formula is C58H38O5. The summed E-state index contributed by atoms with van der Waals surface area (Å²) >= 11 is 0. The highest BCUT2D eigenvalue weighted by Crippen LogP contribution is 2.58. The summed E-state index contributed by atoms with van der Waals surface area (Å²) in [6, 6.07) is 69.2. The van der Waals surface area contributed by atoms with E-state index in [4.69, 9.17) is 0 Å². The number of fused-ring (bicyclic) bond motifs is 4. The fourth-order valence-electron chi connectivity index (χ4n) is 9.27. The molecule has 0 atom stereocenters. The number of hydrogen-bond acceptors (Lipinski definition) is 5. The third-order valence-corrected chi connectivity index (χ3v) is 12.4. The molecule has 0 aliphatic carbocycles. The molecule has 0 bridgehead atoms. The van der Waals surface area contributed by atoms with Gasteiger partial charge in [-0.3, -0.25) is 0 Å². The van der Waals surface area contributed by atoms with Crippen LogP contribution in [-0.2, 0) is 0 Å². The Morgan fingerprint density at radius 1 is 0.206 bits per heavy atom. The van der Waals surface area contributed by atoms with Gasteiger partial charge in [0.05, 0.1) is 5.56 Å². The van der Waals surface area contributed by atoms with Gasteiger partial charge in [0.1, 0.15) is 0 Å². The highest BCUT2D eigenvalue weighted by Gasteiger charge is 2.28. The van der Waals surface area contributed by atoms with Crippen molar-refractivity contribution in [3.8, 4) is 95.5 Å². The molecule has 0 aliphatic rings. The molecule has 11 rings (SSSR count). The van der Waals surface area contributed by atoms with Gasteiger partial charge in [-0.05, 0) is 129 Å². The van der Waals surface area contributed by atoms with Gasteiger partial charge in [-0.15, -0.1) is 0 Å². The van der Waals surface area contributed by atoms with Crippen molar-refractivity contribution in [2.45, 2.75) is 0 Å². The second-order valence-electron chi connectivity index (χ2n) is 16.0. The fourth-order valence-corrected chi connectivity index (χ4v) is 9.27. The molecule has 0 aromatic heterocycles. The number of hydrogen-bond donors (Lipinski definition) is 5. The summed E-state index contributed by atoms with van der Waals surface area (Å²) in [6.45, 7) is 0. The van der Waals surface area contributed by atoms with Crippen LogP contribution in [0.1, 0.15) is 0 Å². The maximum Gasteiger partial charge on any atom is 0.208 e. The SMILES string of the molecule is Oc1c(O)c(O)c(-c2c3ccccc3c(-c3cc(-c4cccc(-c5ccc6ccccc6c5)c4)ccc3-c3cccc(-c4ccc5ccccc5c4)c3)c3ccccc23)c(O)c1O. The quantitative estimate of drug-likeness (QED) is 0.0654. The van der Waals surface area contributed by atoms with Crippen molar-refractivity contribution in [3.63, 3.8) is 0 Å². The lowest BCUT2D eigenvalue weighted by Gasteiger charge is -2.22. The topological polar surface area (TPSA) is 101 Å². The summed E-state index contributed by atoms with van der Waals surface area (Å²) in [4.78, 5) is 0. The third kappa shape index (κ3) is 6.25. The summed E-state index contributed by atoms with van der Waals surface area (Å²) in [5.41, 5.74) is 10.6. The molecule has 5 N–H and O–H groups in total. The van der Waals surface area contributed by atoms with E-state index in [1.165, 1.54) is 21.5 Å². The van der Waals surface area contributed by atoms with E-state index in [1.807, 2.05) is 48.5 Å². The van der Waals surface area contributed by atoms with E-state index < -0.39 is 28.7 Å². The molecule has 0 fully saturated rings. The maximum absolute atomic E-state index is 11.4. The Morgan fingerprint density at radius 2 is 0.571 bits per heavy atom. The normalized spacial score (nSPS) is 11.5. The highest BCUT2D eigenvalue weighted by molar-refractivity contribution is 6.24. The fraction of sp³-hybridized carbons (Fsp3) is 0. The second kappa shape index (κ2) is 14.9. The summed E-state index contributed by atoms with van der Waals surface area (Å²) in [6.07, 6.45) is 0. The van der Waals surface area contributed by atoms with Crippen molar-refractivity contribution in [1.82, 2.24) is 0 Å². The van der Waals surface area contributed by atoms with E-state index in [2.05, 4.69) is 152 Å². The Bertz CT molecular complexity index is 3560. The lowest BCUT2D eigenvalue weighted by atomic mass is 9.82. The van der Waals surface area contributed by atoms with E-state index in [1.54, 1.807) is 0 Å². The van der Waals surface area contributed by atoms with Crippen LogP contribution in [0, 0.1) is 0 Å². The molecule has 11 aromatic rings. The van der Waals surface area contributed by atoms with Crippen molar-refractivity contribution >= 4 is 43.1 Å². The zero-order valence-electron chi connectivity index (χ0n) is 33.8. The molecule has 0 unspecified atom stereocenters. The Balaban J connectivity index is 1.18. The lowest BCUT2D eigenvalue weighted by Crippen LogP contribution is -1.95. The van der Waals surface area contributed by atoms with Crippen molar-refractivity contribution in [2.24, 2.45) is 0 Å². The third-order valence-electron chi connectivity index (χ3n) is 12.4. The van der Waals surface area contributed by atoms with Crippen LogP contribution in [0.15, 0.2) is 200 Å². The van der Waals surface area contributed by atoms with Crippen LogP contribution in [-0.4, -0.2) is 25.5 Å². The van der Waals surface area contributed by atoms with Gasteiger partial charge < -0.3 is 25.5 Å². The average molecular weight is 815 g/mol. The van der Waals surface area contributed by atoms with Crippen LogP contribution in [0.25, 0.3) is 110 Å². The van der Waals surface area contributed by atoms with E-state index in [-0.39, 0.29) is 5.56 Å². The molecule has 0 aliphatic heterocycles. The van der Waals surface area contributed by atoms with Gasteiger partial charge in [-0.1, -0.05) is 170 Å². The predicted molar refractivity (Wildman–Crippen MR) is 257 cm³/mol. The van der Waals surface area contributed by atoms with Gasteiger partial charge in [-0.25, -0.2) is 0 Å². The molecule has 0 amide bonds. The number of phenols is 5. The molecule has 11 aromatic carbocycles. The van der Waals surface area contributed by atoms with Crippen LogP contribution in [0.3, 0.4) is 0 Å². The van der Waals surface area contributed by atoms with Crippen molar-refractivity contribution in [1.29, 1.82) is 0 Å². The number of aromatic hydroxyl groups is 5. The summed E-state index contributed by atoms with van der Waals surface area (Å²) < 4.78 is 0. The van der Waals surface area contributed by atoms with Gasteiger partial charge in [0.25, 0.3) is 0 Å². The molecule has 0 radical (unpaired) electrons. The van der Waals surface area contributed by atoms with E-state index >= 15 is 0 Å². The monoisotopic (exact) mass is 814 g/mol. The minimum atomic E-state index is -1.00. The number of phenolic OH excluding ortho intramolecular Hbond substituents is 5. The Hall–Kier alpha value is -8.54. The van der Waals surface area contributed by atoms with Gasteiger partial charge in [0, 0.05) is 5.56 Å². The number of rotatable bonds is 6. The van der Waals surface area contributed by atoms with Gasteiger partial charge >= 0.3 is 0 Å². The van der Waals surface area contributed by atoms with Crippen LogP contribution < -0.4 is 0 Å². The zero-order valence-corrected chi connectivity index (χ0v) is 33.8. The Morgan fingerprint density at radius 3 is 1.08 bits per heavy atom. The first kappa shape index (κ1) is 37.5. The minimum Gasteiger partial charge on any atom is -0.504 e. The van der Waals surface area contributed by atoms with Gasteiger partial charge in [0.15, 0.2) is 11.5 Å². The molecule has 0 saturated carbocycles. The largest absolute Gasteiger partial charge is 0.504 e. The summed E-state index contributed by atoms with van der Waals surface area (Å²) in [5, 5.41) is 62.2. The Labute approximate surface area is 362 Å². The van der Waals surface area contributed by atoms with Crippen molar-refractivity contribution < 1.29 is 25.5 Å². The molecule has 300 valence electrons. The first-order valence-electron chi connectivity index (χ1n) is 20.8. The highest BCUT2D eigenvalue weighted by atomic mass is 16.4. The molecule has 5 heteroatoms. The first-order valence-corrected chi connectivity index (χ1v) is 20.8. The summed E-state index contributed by atoms with van der Waals surface area (Å²) in [5.74, 6) is -4.35. The smallest absolute Gasteiger partial charge is 0.208 e. The van der Waals surface area contributed by atoms with Crippen LogP contribution in [0.2, 0.25) is 0 Å². The standard InChI is InChI=1S/C58H38O5/c59-54-53(55(60)57(62)58(63)56(54)61)52-48-21-7-5-19-46(48)51(47-20-6-8-22-49(47)52)50-33-43(39-16-9-15-38(31-39)41-25-23-34-11-1-3-13-36(34)29-41)27-28-45(50)44-18-10-17-40(32-44)42-26-24-35-12-2-4-14-37(35)30-42/h1-33,59-63H. The van der Waals surface area contributed by atoms with E-state index in [0.717, 1.165) is 66.4 Å². The maximum atomic E-state index is 11.4. The average Bonchev–Trinajstić information content (AvgIpc) is 3.34. The molecule has 5 nitrogen and oxygen atoms in total. The lowest BCUT2D eigenvalue weighted by molar-refractivity contribution is 0.330. The number of benzene rings is 11.